The predicted molar refractivity (Wildman–Crippen MR) is 121 cm³/mol. The zero-order valence-electron chi connectivity index (χ0n) is 17.0. The summed E-state index contributed by atoms with van der Waals surface area (Å²) in [6.45, 7) is 6.43. The molecule has 0 bridgehead atoms. The number of halogens is 1. The average molecular weight is 425 g/mol. The first-order chi connectivity index (χ1) is 13.2. The van der Waals surface area contributed by atoms with Gasteiger partial charge in [0.25, 0.3) is 0 Å². The number of hydrogen-bond donors (Lipinski definition) is 0. The van der Waals surface area contributed by atoms with Gasteiger partial charge in [-0.05, 0) is 63.5 Å². The van der Waals surface area contributed by atoms with Crippen LogP contribution in [0.3, 0.4) is 0 Å². The van der Waals surface area contributed by atoms with Gasteiger partial charge in [-0.2, -0.15) is 0 Å². The van der Waals surface area contributed by atoms with Gasteiger partial charge in [0.2, 0.25) is 0 Å². The van der Waals surface area contributed by atoms with Crippen LogP contribution in [0.4, 0.5) is 0 Å². The molecule has 2 heterocycles. The smallest absolute Gasteiger partial charge is 0.303 e. The van der Waals surface area contributed by atoms with Gasteiger partial charge < -0.3 is 4.90 Å². The molecule has 1 fully saturated rings. The van der Waals surface area contributed by atoms with E-state index in [0.29, 0.717) is 12.0 Å². The summed E-state index contributed by atoms with van der Waals surface area (Å²) in [6.07, 6.45) is 10.7. The van der Waals surface area contributed by atoms with Gasteiger partial charge in [0.15, 0.2) is 5.78 Å². The van der Waals surface area contributed by atoms with E-state index in [1.807, 2.05) is 29.7 Å². The van der Waals surface area contributed by atoms with Gasteiger partial charge in [-0.1, -0.05) is 43.9 Å². The molecule has 28 heavy (non-hydrogen) atoms. The van der Waals surface area contributed by atoms with Crippen LogP contribution >= 0.6 is 23.7 Å². The molecule has 1 saturated heterocycles. The molecule has 3 rings (SSSR count). The number of carbonyl (C=O) groups is 1. The molecule has 0 atom stereocenters. The first-order valence-corrected chi connectivity index (χ1v) is 11.4. The molecule has 156 valence electrons. The second kappa shape index (κ2) is 11.7. The van der Waals surface area contributed by atoms with Crippen molar-refractivity contribution in [2.75, 3.05) is 19.6 Å². The molecule has 0 radical (unpaired) electrons. The Labute approximate surface area is 178 Å². The van der Waals surface area contributed by atoms with Crippen LogP contribution in [0.15, 0.2) is 23.0 Å². The largest absolute Gasteiger partial charge is 0.308 e. The third kappa shape index (κ3) is 6.16. The summed E-state index contributed by atoms with van der Waals surface area (Å²) < 4.78 is 2.81. The maximum absolute atomic E-state index is 12.3. The van der Waals surface area contributed by atoms with E-state index in [1.165, 1.54) is 75.9 Å². The van der Waals surface area contributed by atoms with Gasteiger partial charge >= 0.3 is 4.87 Å². The maximum atomic E-state index is 12.3. The lowest BCUT2D eigenvalue weighted by atomic mass is 10.1. The van der Waals surface area contributed by atoms with Gasteiger partial charge in [0.05, 0.1) is 10.2 Å². The molecule has 1 aromatic carbocycles. The molecule has 2 aromatic rings. The minimum Gasteiger partial charge on any atom is -0.303 e. The first-order valence-electron chi connectivity index (χ1n) is 10.6. The number of thiazole rings is 1. The highest BCUT2D eigenvalue weighted by Crippen LogP contribution is 2.21. The van der Waals surface area contributed by atoms with Crippen molar-refractivity contribution in [3.05, 3.63) is 33.4 Å². The van der Waals surface area contributed by atoms with Gasteiger partial charge in [-0.15, -0.1) is 12.4 Å². The van der Waals surface area contributed by atoms with Crippen LogP contribution < -0.4 is 4.87 Å². The van der Waals surface area contributed by atoms with Gasteiger partial charge in [-0.3, -0.25) is 14.2 Å². The summed E-state index contributed by atoms with van der Waals surface area (Å²) in [7, 11) is 0. The number of benzene rings is 1. The highest BCUT2D eigenvalue weighted by molar-refractivity contribution is 7.16. The molecule has 0 unspecified atom stereocenters. The third-order valence-corrected chi connectivity index (χ3v) is 6.56. The number of Topliss-reactive ketones (excluding diaryl/α,β-unsaturated/α-hetero) is 1. The minimum absolute atomic E-state index is 0. The maximum Gasteiger partial charge on any atom is 0.308 e. The Morgan fingerprint density at radius 3 is 2.36 bits per heavy atom. The van der Waals surface area contributed by atoms with Crippen molar-refractivity contribution in [3.63, 3.8) is 0 Å². The third-order valence-electron chi connectivity index (χ3n) is 5.62. The van der Waals surface area contributed by atoms with Crippen molar-refractivity contribution in [2.45, 2.75) is 71.3 Å². The van der Waals surface area contributed by atoms with E-state index in [4.69, 9.17) is 0 Å². The molecule has 1 aromatic heterocycles. The highest BCUT2D eigenvalue weighted by Gasteiger charge is 2.11. The van der Waals surface area contributed by atoms with Gasteiger partial charge in [0, 0.05) is 18.5 Å². The van der Waals surface area contributed by atoms with E-state index < -0.39 is 0 Å². The van der Waals surface area contributed by atoms with Gasteiger partial charge in [-0.25, -0.2) is 0 Å². The van der Waals surface area contributed by atoms with Gasteiger partial charge in [0.1, 0.15) is 0 Å². The number of aryl methyl sites for hydroxylation is 1. The van der Waals surface area contributed by atoms with Crippen molar-refractivity contribution in [2.24, 2.45) is 0 Å². The van der Waals surface area contributed by atoms with E-state index in [0.717, 1.165) is 23.2 Å². The number of hydrogen-bond acceptors (Lipinski definition) is 4. The summed E-state index contributed by atoms with van der Waals surface area (Å²) >= 11 is 1.26. The Balaban J connectivity index is 0.00000280. The highest BCUT2D eigenvalue weighted by atomic mass is 35.5. The Kier molecular flexibility index (Phi) is 9.69. The van der Waals surface area contributed by atoms with Crippen molar-refractivity contribution < 1.29 is 4.79 Å². The Morgan fingerprint density at radius 2 is 1.68 bits per heavy atom. The van der Waals surface area contributed by atoms with Crippen LogP contribution in [0.5, 0.6) is 0 Å². The Bertz CT molecular complexity index is 806. The van der Waals surface area contributed by atoms with Crippen LogP contribution in [0.2, 0.25) is 0 Å². The molecule has 0 aliphatic carbocycles. The van der Waals surface area contributed by atoms with Crippen molar-refractivity contribution in [3.8, 4) is 0 Å². The van der Waals surface area contributed by atoms with E-state index in [2.05, 4.69) is 4.90 Å². The lowest BCUT2D eigenvalue weighted by Gasteiger charge is -2.19. The zero-order valence-corrected chi connectivity index (χ0v) is 18.6. The minimum atomic E-state index is 0. The molecule has 0 N–H and O–H groups in total. The summed E-state index contributed by atoms with van der Waals surface area (Å²) in [5.74, 6) is 0.133. The molecule has 6 heteroatoms. The number of carbonyl (C=O) groups excluding carboxylic acids is 1. The van der Waals surface area contributed by atoms with E-state index in [1.54, 1.807) is 0 Å². The number of aromatic nitrogens is 1. The van der Waals surface area contributed by atoms with Crippen LogP contribution in [-0.2, 0) is 6.54 Å². The Hall–Kier alpha value is -1.17. The van der Waals surface area contributed by atoms with Crippen LogP contribution in [0.1, 0.15) is 75.1 Å². The second-order valence-corrected chi connectivity index (χ2v) is 8.64. The molecule has 0 amide bonds. The van der Waals surface area contributed by atoms with Crippen molar-refractivity contribution in [1.82, 2.24) is 9.47 Å². The Morgan fingerprint density at radius 1 is 1.00 bits per heavy atom. The standard InChI is InChI=1S/C22H32N2O2S.ClH/c1-2-20(25)18-11-12-19-21(17-18)27-22(26)24(19)16-10-6-5-9-15-23-13-7-3-4-8-14-23;/h11-12,17H,2-10,13-16H2,1H3;1H. The van der Waals surface area contributed by atoms with E-state index >= 15 is 0 Å². The lowest BCUT2D eigenvalue weighted by Crippen LogP contribution is -2.25. The number of unbranched alkanes of at least 4 members (excludes halogenated alkanes) is 3. The summed E-state index contributed by atoms with van der Waals surface area (Å²) in [4.78, 5) is 26.9. The molecule has 1 aliphatic heterocycles. The fourth-order valence-electron chi connectivity index (χ4n) is 3.97. The molecular weight excluding hydrogens is 392 g/mol. The summed E-state index contributed by atoms with van der Waals surface area (Å²) in [5, 5.41) is 0. The number of nitrogens with zero attached hydrogens (tertiary/aromatic N) is 2. The van der Waals surface area contributed by atoms with E-state index in [-0.39, 0.29) is 23.1 Å². The monoisotopic (exact) mass is 424 g/mol. The molecule has 1 aliphatic rings. The quantitative estimate of drug-likeness (QED) is 0.393. The predicted octanol–water partition coefficient (Wildman–Crippen LogP) is 5.51. The molecule has 0 spiro atoms. The topological polar surface area (TPSA) is 42.3 Å². The lowest BCUT2D eigenvalue weighted by molar-refractivity contribution is 0.0988. The molecule has 4 nitrogen and oxygen atoms in total. The zero-order chi connectivity index (χ0) is 19.1. The second-order valence-electron chi connectivity index (χ2n) is 7.65. The van der Waals surface area contributed by atoms with Crippen molar-refractivity contribution >= 4 is 39.7 Å². The van der Waals surface area contributed by atoms with Crippen LogP contribution in [0.25, 0.3) is 10.2 Å². The summed E-state index contributed by atoms with van der Waals surface area (Å²) in [6, 6.07) is 5.68. The van der Waals surface area contributed by atoms with Crippen LogP contribution in [-0.4, -0.2) is 34.9 Å². The molecular formula is C22H33ClN2O2S. The fraction of sp³-hybridized carbons (Fsp3) is 0.636. The van der Waals surface area contributed by atoms with Crippen LogP contribution in [0, 0.1) is 0 Å². The van der Waals surface area contributed by atoms with E-state index in [9.17, 15) is 9.59 Å². The average Bonchev–Trinajstić information content (AvgIpc) is 2.84. The van der Waals surface area contributed by atoms with Crippen molar-refractivity contribution in [1.29, 1.82) is 0 Å². The fourth-order valence-corrected chi connectivity index (χ4v) is 4.93. The SMILES string of the molecule is CCC(=O)c1ccc2c(c1)sc(=O)n2CCCCCCN1CCCCCC1.Cl. The normalized spacial score (nSPS) is 15.3. The number of fused-ring (bicyclic) bond motifs is 1. The number of likely N-dealkylation sites (tertiary alicyclic amines) is 1. The molecule has 0 saturated carbocycles. The number of rotatable bonds is 9. The number of ketones is 1. The summed E-state index contributed by atoms with van der Waals surface area (Å²) in [5.41, 5.74) is 1.69. The first kappa shape index (κ1) is 23.1.